The van der Waals surface area contributed by atoms with E-state index in [-0.39, 0.29) is 15.4 Å². The normalized spacial score (nSPS) is 12.5. The molecule has 32 heavy (non-hydrogen) atoms. The molecule has 0 bridgehead atoms. The number of ether oxygens (including phenoxy) is 1. The molecule has 0 saturated carbocycles. The van der Waals surface area contributed by atoms with Gasteiger partial charge in [0.1, 0.15) is 5.75 Å². The Morgan fingerprint density at radius 2 is 1.75 bits per heavy atom. The summed E-state index contributed by atoms with van der Waals surface area (Å²) >= 11 is 6.61. The van der Waals surface area contributed by atoms with E-state index in [2.05, 4.69) is 20.2 Å². The molecule has 1 heterocycles. The van der Waals surface area contributed by atoms with E-state index in [0.29, 0.717) is 22.8 Å². The van der Waals surface area contributed by atoms with Gasteiger partial charge < -0.3 is 4.74 Å². The zero-order valence-electron chi connectivity index (χ0n) is 17.7. The first-order valence-electron chi connectivity index (χ1n) is 9.74. The lowest BCUT2D eigenvalue weighted by atomic mass is 9.98. The molecule has 0 spiro atoms. The number of nitrogens with one attached hydrogen (secondary N) is 2. The molecule has 2 aromatic carbocycles. The number of halogens is 1. The number of hydrogen-bond donors (Lipinski definition) is 2. The Bertz CT molecular complexity index is 1160. The number of anilines is 1. The largest absolute Gasteiger partial charge is 0.497 e. The van der Waals surface area contributed by atoms with Crippen molar-refractivity contribution in [3.8, 4) is 5.75 Å². The highest BCUT2D eigenvalue weighted by Gasteiger charge is 2.26. The van der Waals surface area contributed by atoms with Crippen molar-refractivity contribution in [2.75, 3.05) is 12.4 Å². The molecule has 1 amide bonds. The van der Waals surface area contributed by atoms with Gasteiger partial charge in [-0.15, -0.1) is 10.2 Å². The molecule has 0 unspecified atom stereocenters. The monoisotopic (exact) mass is 494 g/mol. The van der Waals surface area contributed by atoms with E-state index in [0.717, 1.165) is 16.9 Å². The number of hydrogen-bond acceptors (Lipinski definition) is 7. The molecule has 0 aliphatic heterocycles. The maximum Gasteiger partial charge on any atom is 0.270 e. The Morgan fingerprint density at radius 1 is 1.09 bits per heavy atom. The van der Waals surface area contributed by atoms with Gasteiger partial charge in [0, 0.05) is 16.6 Å². The Hall–Kier alpha value is -2.53. The summed E-state index contributed by atoms with van der Waals surface area (Å²) in [6, 6.07) is 13.1. The van der Waals surface area contributed by atoms with Gasteiger partial charge in [-0.25, -0.2) is 13.1 Å². The number of carbonyl (C=O) groups is 1. The van der Waals surface area contributed by atoms with Crippen LogP contribution in [0.25, 0.3) is 0 Å². The summed E-state index contributed by atoms with van der Waals surface area (Å²) < 4.78 is 33.6. The predicted molar refractivity (Wildman–Crippen MR) is 125 cm³/mol. The predicted octanol–water partition coefficient (Wildman–Crippen LogP) is 4.52. The van der Waals surface area contributed by atoms with Crippen LogP contribution in [-0.4, -0.2) is 31.6 Å². The van der Waals surface area contributed by atoms with Gasteiger partial charge in [0.15, 0.2) is 0 Å². The summed E-state index contributed by atoms with van der Waals surface area (Å²) in [5.41, 5.74) is 1.17. The maximum absolute atomic E-state index is 13.0. The minimum Gasteiger partial charge on any atom is -0.497 e. The molecule has 0 aliphatic rings. The molecule has 0 fully saturated rings. The third-order valence-electron chi connectivity index (χ3n) is 4.49. The number of amides is 1. The minimum absolute atomic E-state index is 0.0789. The zero-order chi connectivity index (χ0) is 23.3. The molecule has 0 saturated heterocycles. The highest BCUT2D eigenvalue weighted by atomic mass is 35.5. The van der Waals surface area contributed by atoms with Gasteiger partial charge in [-0.2, -0.15) is 0 Å². The van der Waals surface area contributed by atoms with Crippen LogP contribution in [0.1, 0.15) is 42.2 Å². The highest BCUT2D eigenvalue weighted by molar-refractivity contribution is 7.91. The Morgan fingerprint density at radius 3 is 2.34 bits per heavy atom. The first-order chi connectivity index (χ1) is 15.2. The van der Waals surface area contributed by atoms with Gasteiger partial charge in [-0.3, -0.25) is 10.1 Å². The van der Waals surface area contributed by atoms with E-state index in [1.807, 2.05) is 26.0 Å². The summed E-state index contributed by atoms with van der Waals surface area (Å²) in [5.74, 6) is 0.490. The van der Waals surface area contributed by atoms with Crippen molar-refractivity contribution in [1.29, 1.82) is 0 Å². The summed E-state index contributed by atoms with van der Waals surface area (Å²) in [7, 11) is -2.39. The molecular weight excluding hydrogens is 472 g/mol. The maximum atomic E-state index is 13.0. The van der Waals surface area contributed by atoms with Gasteiger partial charge >= 0.3 is 0 Å². The number of nitrogens with zero attached hydrogens (tertiary/aromatic N) is 2. The summed E-state index contributed by atoms with van der Waals surface area (Å²) in [6.07, 6.45) is 0.588. The smallest absolute Gasteiger partial charge is 0.270 e. The Labute approximate surface area is 196 Å². The van der Waals surface area contributed by atoms with Crippen LogP contribution in [0.5, 0.6) is 5.75 Å². The fraction of sp³-hybridized carbons (Fsp3) is 0.286. The van der Waals surface area contributed by atoms with E-state index < -0.39 is 22.0 Å². The molecule has 3 rings (SSSR count). The number of benzene rings is 2. The van der Waals surface area contributed by atoms with Gasteiger partial charge in [0.05, 0.1) is 7.11 Å². The minimum atomic E-state index is -3.96. The van der Waals surface area contributed by atoms with Crippen LogP contribution in [-0.2, 0) is 10.0 Å². The first kappa shape index (κ1) is 24.1. The molecule has 0 radical (unpaired) electrons. The quantitative estimate of drug-likeness (QED) is 0.423. The van der Waals surface area contributed by atoms with Gasteiger partial charge in [0.2, 0.25) is 9.47 Å². The molecule has 1 aromatic heterocycles. The first-order valence-corrected chi connectivity index (χ1v) is 12.4. The topological polar surface area (TPSA) is 110 Å². The van der Waals surface area contributed by atoms with Crippen molar-refractivity contribution in [1.82, 2.24) is 14.9 Å². The van der Waals surface area contributed by atoms with Crippen LogP contribution in [0, 0.1) is 5.92 Å². The van der Waals surface area contributed by atoms with E-state index in [9.17, 15) is 13.2 Å². The van der Waals surface area contributed by atoms with E-state index in [4.69, 9.17) is 16.3 Å². The SMILES string of the molecule is COc1ccc([C@@H](CC(C)C)NS(=O)(=O)c2nnc(NC(=O)c3ccc(Cl)cc3)s2)cc1. The second-order valence-electron chi connectivity index (χ2n) is 7.41. The summed E-state index contributed by atoms with van der Waals surface area (Å²) in [5, 5.41) is 10.7. The van der Waals surface area contributed by atoms with Crippen molar-refractivity contribution in [3.05, 3.63) is 64.7 Å². The highest BCUT2D eigenvalue weighted by Crippen LogP contribution is 2.27. The fourth-order valence-electron chi connectivity index (χ4n) is 2.94. The van der Waals surface area contributed by atoms with E-state index in [1.54, 1.807) is 43.5 Å². The molecule has 8 nitrogen and oxygen atoms in total. The van der Waals surface area contributed by atoms with E-state index >= 15 is 0 Å². The number of carbonyl (C=O) groups excluding carboxylic acids is 1. The number of sulfonamides is 1. The van der Waals surface area contributed by atoms with Gasteiger partial charge in [0.25, 0.3) is 15.9 Å². The number of methoxy groups -OCH3 is 1. The second-order valence-corrected chi connectivity index (χ2v) is 10.7. The Kier molecular flexibility index (Phi) is 7.83. The average Bonchev–Trinajstić information content (AvgIpc) is 3.23. The molecule has 2 N–H and O–H groups in total. The van der Waals surface area contributed by atoms with Gasteiger partial charge in [-0.1, -0.05) is 48.9 Å². The third-order valence-corrected chi connectivity index (χ3v) is 7.42. The number of rotatable bonds is 9. The van der Waals surface area contributed by atoms with Crippen LogP contribution >= 0.6 is 22.9 Å². The van der Waals surface area contributed by atoms with Crippen LogP contribution in [0.2, 0.25) is 5.02 Å². The lowest BCUT2D eigenvalue weighted by molar-refractivity contribution is 0.102. The lowest BCUT2D eigenvalue weighted by Crippen LogP contribution is -2.29. The van der Waals surface area contributed by atoms with Crippen LogP contribution < -0.4 is 14.8 Å². The van der Waals surface area contributed by atoms with Crippen LogP contribution in [0.15, 0.2) is 52.9 Å². The molecule has 3 aromatic rings. The van der Waals surface area contributed by atoms with Gasteiger partial charge in [-0.05, 0) is 54.3 Å². The molecule has 170 valence electrons. The third kappa shape index (κ3) is 6.26. The van der Waals surface area contributed by atoms with E-state index in [1.165, 1.54) is 0 Å². The Balaban J connectivity index is 1.76. The van der Waals surface area contributed by atoms with Crippen molar-refractivity contribution in [3.63, 3.8) is 0 Å². The fourth-order valence-corrected chi connectivity index (χ4v) is 5.21. The van der Waals surface area contributed by atoms with Crippen LogP contribution in [0.3, 0.4) is 0 Å². The summed E-state index contributed by atoms with van der Waals surface area (Å²) in [6.45, 7) is 4.03. The van der Waals surface area contributed by atoms with Crippen LogP contribution in [0.4, 0.5) is 5.13 Å². The standard InChI is InChI=1S/C21H23ClN4O4S2/c1-13(2)12-18(14-6-10-17(30-3)11-7-14)26-32(28,29)21-25-24-20(31-21)23-19(27)15-4-8-16(22)9-5-15/h4-11,13,18,26H,12H2,1-3H3,(H,23,24,27)/t18-/m1/s1. The molecular formula is C21H23ClN4O4S2. The van der Waals surface area contributed by atoms with Crippen molar-refractivity contribution in [2.24, 2.45) is 5.92 Å². The van der Waals surface area contributed by atoms with Crippen molar-refractivity contribution in [2.45, 2.75) is 30.6 Å². The average molecular weight is 495 g/mol. The van der Waals surface area contributed by atoms with Crippen molar-refractivity contribution < 1.29 is 17.9 Å². The molecule has 0 aliphatic carbocycles. The number of aromatic nitrogens is 2. The molecule has 11 heteroatoms. The van der Waals surface area contributed by atoms with Crippen molar-refractivity contribution >= 4 is 44.0 Å². The summed E-state index contributed by atoms with van der Waals surface area (Å²) in [4.78, 5) is 12.3. The second kappa shape index (κ2) is 10.4. The molecule has 1 atom stereocenters. The zero-order valence-corrected chi connectivity index (χ0v) is 20.1. The lowest BCUT2D eigenvalue weighted by Gasteiger charge is -2.20.